The monoisotopic (exact) mass is 666 g/mol. The number of carbonyl (C=O) groups excluding carboxylic acids is 1. The highest BCUT2D eigenvalue weighted by Crippen LogP contribution is 2.57. The molecule has 2 saturated heterocycles. The molecule has 3 rings (SSSR count). The van der Waals surface area contributed by atoms with Crippen LogP contribution in [0.2, 0.25) is 0 Å². The molecule has 0 spiro atoms. The van der Waals surface area contributed by atoms with Gasteiger partial charge in [-0.05, 0) is 10.6 Å². The zero-order chi connectivity index (χ0) is 32.9. The molecule has 43 heavy (non-hydrogen) atoms. The molecule has 1 amide bonds. The number of aromatic amines is 1. The average Bonchev–Trinajstić information content (AvgIpc) is 3.15. The Balaban J connectivity index is 0.000000362. The van der Waals surface area contributed by atoms with Gasteiger partial charge in [0.05, 0.1) is 13.2 Å². The van der Waals surface area contributed by atoms with Crippen LogP contribution in [0, 0.1) is 0 Å². The number of rotatable bonds is 9. The molecule has 0 aromatic carbocycles. The van der Waals surface area contributed by atoms with Gasteiger partial charge in [-0.1, -0.05) is 0 Å². The summed E-state index contributed by atoms with van der Waals surface area (Å²) < 4.78 is 40.3. The van der Waals surface area contributed by atoms with Crippen LogP contribution in [0.1, 0.15) is 13.2 Å². The largest absolute Gasteiger partial charge is 0.481 e. The molecule has 0 saturated carbocycles. The standard InChI is InChI=1S/C9H13N5O12P2.C8H15NO6/c10-13-12-4-1-5(15)11-9(18)14(4)8-7(17)6(16)3(25-8)2-24-28(22,23)26-27(19,20)21;1-3(11)9-5-7(13)6(12)4(2-10)15-8(5)14/h1,3,6-8,16-17H,2H2,(H,22,23)(H,11,15,18)(H2,19,20,21);4-8,10,12-14H,2H2,1H3,(H,9,11)/t3-,6-,7-,8-;4-,5-,6-,7-,8?/m11/s1. The third-order valence-electron chi connectivity index (χ3n) is 5.58. The summed E-state index contributed by atoms with van der Waals surface area (Å²) in [6, 6.07) is -0.385. The van der Waals surface area contributed by atoms with Crippen LogP contribution in [0.5, 0.6) is 0 Å². The van der Waals surface area contributed by atoms with Gasteiger partial charge in [-0.25, -0.2) is 13.9 Å². The van der Waals surface area contributed by atoms with E-state index < -0.39 is 107 Å². The molecule has 0 aliphatic carbocycles. The summed E-state index contributed by atoms with van der Waals surface area (Å²) in [4.78, 5) is 64.5. The molecule has 1 aromatic rings. The number of ether oxygens (including phenoxy) is 2. The maximum absolute atomic E-state index is 12.0. The highest BCUT2D eigenvalue weighted by atomic mass is 31.3. The number of aliphatic hydroxyl groups excluding tert-OH is 6. The molecule has 2 fully saturated rings. The van der Waals surface area contributed by atoms with Crippen molar-refractivity contribution in [2.45, 2.75) is 62.1 Å². The molecule has 2 unspecified atom stereocenters. The lowest BCUT2D eigenvalue weighted by molar-refractivity contribution is -0.253. The van der Waals surface area contributed by atoms with Gasteiger partial charge in [-0.2, -0.15) is 4.31 Å². The maximum atomic E-state index is 12.0. The number of nitrogens with one attached hydrogen (secondary N) is 2. The Morgan fingerprint density at radius 2 is 1.70 bits per heavy atom. The quantitative estimate of drug-likeness (QED) is 0.0510. The summed E-state index contributed by atoms with van der Waals surface area (Å²) in [7, 11) is -10.6. The first-order chi connectivity index (χ1) is 19.8. The smallest absolute Gasteiger partial charge is 0.394 e. The Kier molecular flexibility index (Phi) is 12.7. The van der Waals surface area contributed by atoms with E-state index in [0.717, 1.165) is 0 Å². The molecular formula is C17H28N6O18P2. The van der Waals surface area contributed by atoms with Crippen molar-refractivity contribution in [3.05, 3.63) is 37.3 Å². The molecule has 3 heterocycles. The molecule has 2 aliphatic rings. The fraction of sp³-hybridized carbons (Fsp3) is 0.706. The van der Waals surface area contributed by atoms with Crippen molar-refractivity contribution in [3.8, 4) is 0 Å². The van der Waals surface area contributed by atoms with E-state index in [0.29, 0.717) is 10.6 Å². The van der Waals surface area contributed by atoms with Crippen molar-refractivity contribution in [1.29, 1.82) is 0 Å². The van der Waals surface area contributed by atoms with Crippen molar-refractivity contribution < 1.29 is 77.6 Å². The van der Waals surface area contributed by atoms with Gasteiger partial charge >= 0.3 is 21.3 Å². The number of azide groups is 1. The number of phosphoric ester groups is 1. The topological polar surface area (TPSA) is 386 Å². The zero-order valence-electron chi connectivity index (χ0n) is 21.6. The maximum Gasteiger partial charge on any atom is 0.481 e. The number of phosphoric acid groups is 2. The molecular weight excluding hydrogens is 638 g/mol. The SMILES string of the molecule is CC(=O)N[C@H]1C(O)O[C@H](CO)[C@@H](O)[C@@H]1O.[N-]=[N+]=Nc1cc(=O)[nH]c(=O)n1[C@@H]1O[C@H](COP(=O)(O)OP(=O)(O)O)[C@@H](O)[C@H]1O. The van der Waals surface area contributed by atoms with Crippen LogP contribution in [0.3, 0.4) is 0 Å². The van der Waals surface area contributed by atoms with Crippen LogP contribution in [0.4, 0.5) is 5.82 Å². The lowest BCUT2D eigenvalue weighted by atomic mass is 9.97. The normalized spacial score (nSPS) is 32.1. The van der Waals surface area contributed by atoms with E-state index in [4.69, 9.17) is 29.9 Å². The highest BCUT2D eigenvalue weighted by Gasteiger charge is 2.46. The van der Waals surface area contributed by atoms with Crippen molar-refractivity contribution in [3.63, 3.8) is 0 Å². The molecule has 10 atom stereocenters. The zero-order valence-corrected chi connectivity index (χ0v) is 23.4. The first kappa shape index (κ1) is 36.6. The summed E-state index contributed by atoms with van der Waals surface area (Å²) in [5, 5.41) is 62.6. The predicted molar refractivity (Wildman–Crippen MR) is 133 cm³/mol. The minimum absolute atomic E-state index is 0.462. The molecule has 244 valence electrons. The molecule has 26 heteroatoms. The Labute approximate surface area is 238 Å². The highest BCUT2D eigenvalue weighted by molar-refractivity contribution is 7.60. The number of carbonyl (C=O) groups is 1. The number of nitrogens with zero attached hydrogens (tertiary/aromatic N) is 4. The van der Waals surface area contributed by atoms with Gasteiger partial charge in [0, 0.05) is 17.9 Å². The first-order valence-corrected chi connectivity index (χ1v) is 14.6. The van der Waals surface area contributed by atoms with Gasteiger partial charge in [0.1, 0.15) is 48.5 Å². The number of H-pyrrole nitrogens is 1. The summed E-state index contributed by atoms with van der Waals surface area (Å²) in [5.41, 5.74) is 6.44. The number of amides is 1. The van der Waals surface area contributed by atoms with Crippen LogP contribution in [0.15, 0.2) is 20.8 Å². The van der Waals surface area contributed by atoms with E-state index >= 15 is 0 Å². The molecule has 11 N–H and O–H groups in total. The Morgan fingerprint density at radius 1 is 1.09 bits per heavy atom. The fourth-order valence-corrected chi connectivity index (χ4v) is 5.35. The van der Waals surface area contributed by atoms with Crippen molar-refractivity contribution in [1.82, 2.24) is 14.9 Å². The minimum atomic E-state index is -5.38. The second-order valence-electron chi connectivity index (χ2n) is 8.69. The number of aromatic nitrogens is 2. The Morgan fingerprint density at radius 3 is 2.23 bits per heavy atom. The lowest BCUT2D eigenvalue weighted by Gasteiger charge is -2.40. The summed E-state index contributed by atoms with van der Waals surface area (Å²) in [6.07, 6.45) is -12.2. The van der Waals surface area contributed by atoms with Crippen LogP contribution in [-0.2, 0) is 32.2 Å². The van der Waals surface area contributed by atoms with E-state index in [1.54, 1.807) is 0 Å². The van der Waals surface area contributed by atoms with E-state index in [1.165, 1.54) is 6.92 Å². The van der Waals surface area contributed by atoms with E-state index in [1.807, 2.05) is 4.98 Å². The van der Waals surface area contributed by atoms with Crippen LogP contribution >= 0.6 is 15.6 Å². The molecule has 0 bridgehead atoms. The molecule has 24 nitrogen and oxygen atoms in total. The average molecular weight is 666 g/mol. The lowest BCUT2D eigenvalue weighted by Crippen LogP contribution is -2.63. The van der Waals surface area contributed by atoms with Crippen molar-refractivity contribution in [2.24, 2.45) is 5.11 Å². The molecule has 1 aromatic heterocycles. The van der Waals surface area contributed by atoms with Gasteiger partial charge in [0.15, 0.2) is 12.5 Å². The Hall–Kier alpha value is -2.60. The van der Waals surface area contributed by atoms with Gasteiger partial charge in [0.25, 0.3) is 5.56 Å². The second kappa shape index (κ2) is 14.9. The van der Waals surface area contributed by atoms with E-state index in [-0.39, 0.29) is 0 Å². The number of aliphatic hydroxyl groups is 6. The van der Waals surface area contributed by atoms with Gasteiger partial charge < -0.3 is 60.1 Å². The number of hydrogen-bond donors (Lipinski definition) is 11. The van der Waals surface area contributed by atoms with Crippen LogP contribution in [0.25, 0.3) is 10.4 Å². The van der Waals surface area contributed by atoms with E-state index in [2.05, 4.69) is 24.2 Å². The van der Waals surface area contributed by atoms with Crippen LogP contribution < -0.4 is 16.6 Å². The van der Waals surface area contributed by atoms with Crippen LogP contribution in [-0.4, -0.2) is 123 Å². The summed E-state index contributed by atoms with van der Waals surface area (Å²) in [6.45, 7) is -0.316. The van der Waals surface area contributed by atoms with E-state index in [9.17, 15) is 53.9 Å². The third kappa shape index (κ3) is 9.96. The molecule has 0 radical (unpaired) electrons. The van der Waals surface area contributed by atoms with Gasteiger partial charge in [-0.15, -0.1) is 0 Å². The second-order valence-corrected chi connectivity index (χ2v) is 11.5. The minimum Gasteiger partial charge on any atom is -0.394 e. The predicted octanol–water partition coefficient (Wildman–Crippen LogP) is -4.75. The Bertz CT molecular complexity index is 1390. The van der Waals surface area contributed by atoms with Gasteiger partial charge in [-0.3, -0.25) is 23.7 Å². The summed E-state index contributed by atoms with van der Waals surface area (Å²) in [5.74, 6) is -1.02. The van der Waals surface area contributed by atoms with Gasteiger partial charge in [0.2, 0.25) is 5.91 Å². The third-order valence-corrected chi connectivity index (χ3v) is 7.73. The first-order valence-electron chi connectivity index (χ1n) is 11.6. The fourth-order valence-electron chi connectivity index (χ4n) is 3.75. The summed E-state index contributed by atoms with van der Waals surface area (Å²) >= 11 is 0. The van der Waals surface area contributed by atoms with Crippen molar-refractivity contribution in [2.75, 3.05) is 13.2 Å². The van der Waals surface area contributed by atoms with Crippen molar-refractivity contribution >= 4 is 27.4 Å². The number of hydrogen-bond acceptors (Lipinski definition) is 16. The molecule has 2 aliphatic heterocycles.